The largest absolute Gasteiger partial charge is 0.490 e. The van der Waals surface area contributed by atoms with Crippen molar-refractivity contribution in [1.82, 2.24) is 0 Å². The molecule has 94 valence electrons. The average molecular weight is 259 g/mol. The van der Waals surface area contributed by atoms with Gasteiger partial charge in [-0.15, -0.1) is 11.3 Å². The first-order valence-electron chi connectivity index (χ1n) is 6.36. The van der Waals surface area contributed by atoms with E-state index < -0.39 is 0 Å². The maximum absolute atomic E-state index is 6.22. The molecule has 0 aliphatic heterocycles. The molecule has 2 nitrogen and oxygen atoms in total. The van der Waals surface area contributed by atoms with Crippen molar-refractivity contribution >= 4 is 11.3 Å². The van der Waals surface area contributed by atoms with Crippen LogP contribution in [-0.4, -0.2) is 6.10 Å². The molecular formula is C15H17NOS. The number of benzene rings is 1. The van der Waals surface area contributed by atoms with Gasteiger partial charge in [0.25, 0.3) is 0 Å². The van der Waals surface area contributed by atoms with E-state index in [-0.39, 0.29) is 6.04 Å². The SMILES string of the molecule is NC(Cc1cccs1)c1ccc(OC2CC2)cc1. The lowest BCUT2D eigenvalue weighted by Crippen LogP contribution is -2.12. The fourth-order valence-corrected chi connectivity index (χ4v) is 2.70. The third-order valence-electron chi connectivity index (χ3n) is 3.14. The van der Waals surface area contributed by atoms with Crippen molar-refractivity contribution in [3.63, 3.8) is 0 Å². The molecule has 2 N–H and O–H groups in total. The molecule has 1 atom stereocenters. The molecule has 1 aromatic carbocycles. The molecule has 1 heterocycles. The highest BCUT2D eigenvalue weighted by Gasteiger charge is 2.23. The third kappa shape index (κ3) is 2.92. The maximum atomic E-state index is 6.22. The number of ether oxygens (including phenoxy) is 1. The van der Waals surface area contributed by atoms with Crippen molar-refractivity contribution in [3.8, 4) is 5.75 Å². The van der Waals surface area contributed by atoms with E-state index >= 15 is 0 Å². The van der Waals surface area contributed by atoms with Gasteiger partial charge in [0.2, 0.25) is 0 Å². The van der Waals surface area contributed by atoms with Crippen LogP contribution < -0.4 is 10.5 Å². The fourth-order valence-electron chi connectivity index (χ4n) is 1.94. The summed E-state index contributed by atoms with van der Waals surface area (Å²) >= 11 is 1.76. The van der Waals surface area contributed by atoms with Gasteiger partial charge < -0.3 is 10.5 Å². The Morgan fingerprint density at radius 3 is 2.61 bits per heavy atom. The lowest BCUT2D eigenvalue weighted by molar-refractivity contribution is 0.303. The van der Waals surface area contributed by atoms with E-state index in [2.05, 4.69) is 29.6 Å². The van der Waals surface area contributed by atoms with E-state index in [4.69, 9.17) is 10.5 Å². The highest BCUT2D eigenvalue weighted by molar-refractivity contribution is 7.09. The number of rotatable bonds is 5. The molecule has 1 aromatic heterocycles. The molecule has 3 rings (SSSR count). The highest BCUT2D eigenvalue weighted by Crippen LogP contribution is 2.28. The minimum atomic E-state index is 0.0682. The van der Waals surface area contributed by atoms with Crippen LogP contribution in [0.3, 0.4) is 0 Å². The second-order valence-corrected chi connectivity index (χ2v) is 5.81. The minimum Gasteiger partial charge on any atom is -0.490 e. The molecule has 18 heavy (non-hydrogen) atoms. The van der Waals surface area contributed by atoms with Crippen molar-refractivity contribution < 1.29 is 4.74 Å². The van der Waals surface area contributed by atoms with Gasteiger partial charge in [0.05, 0.1) is 6.10 Å². The Bertz CT molecular complexity index is 488. The second-order valence-electron chi connectivity index (χ2n) is 4.78. The summed E-state index contributed by atoms with van der Waals surface area (Å²) in [6.07, 6.45) is 3.75. The van der Waals surface area contributed by atoms with Crippen LogP contribution in [0.15, 0.2) is 41.8 Å². The van der Waals surface area contributed by atoms with Crippen LogP contribution in [-0.2, 0) is 6.42 Å². The zero-order valence-electron chi connectivity index (χ0n) is 10.2. The predicted octanol–water partition coefficient (Wildman–Crippen LogP) is 3.53. The van der Waals surface area contributed by atoms with Gasteiger partial charge in [-0.1, -0.05) is 18.2 Å². The molecule has 1 saturated carbocycles. The van der Waals surface area contributed by atoms with Gasteiger partial charge in [0.1, 0.15) is 5.75 Å². The monoisotopic (exact) mass is 259 g/mol. The van der Waals surface area contributed by atoms with E-state index in [1.54, 1.807) is 11.3 Å². The summed E-state index contributed by atoms with van der Waals surface area (Å²) in [7, 11) is 0. The highest BCUT2D eigenvalue weighted by atomic mass is 32.1. The predicted molar refractivity (Wildman–Crippen MR) is 75.0 cm³/mol. The first-order valence-corrected chi connectivity index (χ1v) is 7.24. The molecule has 0 radical (unpaired) electrons. The summed E-state index contributed by atoms with van der Waals surface area (Å²) in [5.74, 6) is 0.963. The molecule has 0 saturated heterocycles. The average Bonchev–Trinajstić information content (AvgIpc) is 3.04. The van der Waals surface area contributed by atoms with Crippen molar-refractivity contribution in [2.45, 2.75) is 31.4 Å². The summed E-state index contributed by atoms with van der Waals surface area (Å²) in [5.41, 5.74) is 7.39. The fraction of sp³-hybridized carbons (Fsp3) is 0.333. The van der Waals surface area contributed by atoms with E-state index in [1.807, 2.05) is 12.1 Å². The molecule has 1 aliphatic carbocycles. The van der Waals surface area contributed by atoms with Gasteiger partial charge in [-0.3, -0.25) is 0 Å². The van der Waals surface area contributed by atoms with Gasteiger partial charge in [0, 0.05) is 17.3 Å². The zero-order valence-corrected chi connectivity index (χ0v) is 11.0. The summed E-state index contributed by atoms with van der Waals surface area (Å²) < 4.78 is 5.73. The second kappa shape index (κ2) is 5.12. The lowest BCUT2D eigenvalue weighted by atomic mass is 10.0. The van der Waals surface area contributed by atoms with Crippen LogP contribution in [0, 0.1) is 0 Å². The van der Waals surface area contributed by atoms with Crippen molar-refractivity contribution in [1.29, 1.82) is 0 Å². The molecule has 1 fully saturated rings. The first-order chi connectivity index (χ1) is 8.81. The molecule has 1 aliphatic rings. The number of hydrogen-bond acceptors (Lipinski definition) is 3. The van der Waals surface area contributed by atoms with Crippen LogP contribution in [0.5, 0.6) is 5.75 Å². The van der Waals surface area contributed by atoms with Crippen molar-refractivity contribution in [3.05, 3.63) is 52.2 Å². The van der Waals surface area contributed by atoms with Gasteiger partial charge in [-0.2, -0.15) is 0 Å². The number of hydrogen-bond donors (Lipinski definition) is 1. The Balaban J connectivity index is 1.63. The van der Waals surface area contributed by atoms with E-state index in [9.17, 15) is 0 Å². The lowest BCUT2D eigenvalue weighted by Gasteiger charge is -2.12. The molecule has 3 heteroatoms. The Kier molecular flexibility index (Phi) is 3.35. The molecule has 0 spiro atoms. The summed E-state index contributed by atoms with van der Waals surface area (Å²) in [5, 5.41) is 2.09. The minimum absolute atomic E-state index is 0.0682. The van der Waals surface area contributed by atoms with E-state index in [0.717, 1.165) is 12.2 Å². The van der Waals surface area contributed by atoms with Crippen LogP contribution >= 0.6 is 11.3 Å². The molecule has 1 unspecified atom stereocenters. The Morgan fingerprint density at radius 1 is 1.22 bits per heavy atom. The maximum Gasteiger partial charge on any atom is 0.119 e. The number of thiophene rings is 1. The van der Waals surface area contributed by atoms with Gasteiger partial charge in [0.15, 0.2) is 0 Å². The first kappa shape index (κ1) is 11.8. The smallest absolute Gasteiger partial charge is 0.119 e. The van der Waals surface area contributed by atoms with Crippen molar-refractivity contribution in [2.75, 3.05) is 0 Å². The Labute approximate surface area is 111 Å². The summed E-state index contributed by atoms with van der Waals surface area (Å²) in [6, 6.07) is 12.5. The molecule has 2 aromatic rings. The van der Waals surface area contributed by atoms with Crippen LogP contribution in [0.4, 0.5) is 0 Å². The van der Waals surface area contributed by atoms with Crippen molar-refractivity contribution in [2.24, 2.45) is 5.73 Å². The van der Waals surface area contributed by atoms with Gasteiger partial charge in [-0.05, 0) is 42.0 Å². The third-order valence-corrected chi connectivity index (χ3v) is 4.04. The zero-order chi connectivity index (χ0) is 12.4. The quantitative estimate of drug-likeness (QED) is 0.891. The normalized spacial score (nSPS) is 16.5. The standard InChI is InChI=1S/C15H17NOS/c16-15(10-14-2-1-9-18-14)11-3-5-12(6-4-11)17-13-7-8-13/h1-6,9,13,15H,7-8,10,16H2. The number of nitrogens with two attached hydrogens (primary N) is 1. The molecule has 0 bridgehead atoms. The van der Waals surface area contributed by atoms with Crippen LogP contribution in [0.25, 0.3) is 0 Å². The molecular weight excluding hydrogens is 242 g/mol. The van der Waals surface area contributed by atoms with E-state index in [1.165, 1.54) is 23.3 Å². The van der Waals surface area contributed by atoms with Crippen LogP contribution in [0.1, 0.15) is 29.3 Å². The Morgan fingerprint density at radius 2 is 2.00 bits per heavy atom. The molecule has 0 amide bonds. The van der Waals surface area contributed by atoms with E-state index in [0.29, 0.717) is 6.10 Å². The summed E-state index contributed by atoms with van der Waals surface area (Å²) in [6.45, 7) is 0. The van der Waals surface area contributed by atoms with Crippen LogP contribution in [0.2, 0.25) is 0 Å². The van der Waals surface area contributed by atoms with Gasteiger partial charge in [-0.25, -0.2) is 0 Å². The Hall–Kier alpha value is -1.32. The summed E-state index contributed by atoms with van der Waals surface area (Å²) in [4.78, 5) is 1.33. The van der Waals surface area contributed by atoms with Gasteiger partial charge >= 0.3 is 0 Å². The topological polar surface area (TPSA) is 35.2 Å².